The maximum atomic E-state index is 12.0. The lowest BCUT2D eigenvalue weighted by atomic mass is 10.3. The van der Waals surface area contributed by atoms with Gasteiger partial charge in [0.15, 0.2) is 11.5 Å². The standard InChI is InChI=1S/C14H12O5S/c1-17-9-5-3-4-6-10(9)19-14(16)12-8-7-11(20-12)13(15)18-2/h3-8H,1-2H3. The van der Waals surface area contributed by atoms with Crippen LogP contribution >= 0.6 is 11.3 Å². The summed E-state index contributed by atoms with van der Waals surface area (Å²) in [5.41, 5.74) is 0. The molecule has 2 aromatic rings. The molecule has 6 heteroatoms. The minimum absolute atomic E-state index is 0.316. The molecule has 0 bridgehead atoms. The highest BCUT2D eigenvalue weighted by atomic mass is 32.1. The van der Waals surface area contributed by atoms with E-state index in [-0.39, 0.29) is 0 Å². The summed E-state index contributed by atoms with van der Waals surface area (Å²) in [6.45, 7) is 0. The molecule has 0 amide bonds. The van der Waals surface area contributed by atoms with E-state index < -0.39 is 11.9 Å². The Labute approximate surface area is 119 Å². The molecule has 0 spiro atoms. The predicted octanol–water partition coefficient (Wildman–Crippen LogP) is 2.76. The molecule has 0 fully saturated rings. The van der Waals surface area contributed by atoms with Gasteiger partial charge in [0.05, 0.1) is 14.2 Å². The number of thiophene rings is 1. The number of benzene rings is 1. The molecular formula is C14H12O5S. The van der Waals surface area contributed by atoms with Crippen molar-refractivity contribution in [3.05, 3.63) is 46.2 Å². The van der Waals surface area contributed by atoms with Crippen molar-refractivity contribution in [2.45, 2.75) is 0 Å². The number of methoxy groups -OCH3 is 2. The summed E-state index contributed by atoms with van der Waals surface area (Å²) < 4.78 is 14.9. The van der Waals surface area contributed by atoms with E-state index in [1.54, 1.807) is 24.3 Å². The van der Waals surface area contributed by atoms with Gasteiger partial charge in [0.1, 0.15) is 9.75 Å². The molecule has 1 aromatic heterocycles. The number of para-hydroxylation sites is 2. The SMILES string of the molecule is COC(=O)c1ccc(C(=O)Oc2ccccc2OC)s1. The first-order valence-electron chi connectivity index (χ1n) is 5.69. The van der Waals surface area contributed by atoms with E-state index in [4.69, 9.17) is 9.47 Å². The van der Waals surface area contributed by atoms with Crippen molar-refractivity contribution in [2.75, 3.05) is 14.2 Å². The summed E-state index contributed by atoms with van der Waals surface area (Å²) in [7, 11) is 2.78. The molecule has 0 saturated carbocycles. The van der Waals surface area contributed by atoms with Gasteiger partial charge in [-0.1, -0.05) is 12.1 Å². The van der Waals surface area contributed by atoms with Crippen LogP contribution in [0.4, 0.5) is 0 Å². The van der Waals surface area contributed by atoms with Gasteiger partial charge in [-0.05, 0) is 24.3 Å². The predicted molar refractivity (Wildman–Crippen MR) is 73.6 cm³/mol. The van der Waals surface area contributed by atoms with Crippen LogP contribution in [0.5, 0.6) is 11.5 Å². The van der Waals surface area contributed by atoms with Gasteiger partial charge < -0.3 is 14.2 Å². The highest BCUT2D eigenvalue weighted by Crippen LogP contribution is 2.27. The lowest BCUT2D eigenvalue weighted by Gasteiger charge is -2.07. The van der Waals surface area contributed by atoms with E-state index in [0.29, 0.717) is 21.3 Å². The molecule has 1 aromatic carbocycles. The van der Waals surface area contributed by atoms with Gasteiger partial charge in [0, 0.05) is 0 Å². The fourth-order valence-electron chi connectivity index (χ4n) is 1.51. The third-order valence-corrected chi connectivity index (χ3v) is 3.51. The number of ether oxygens (including phenoxy) is 3. The zero-order valence-corrected chi connectivity index (χ0v) is 11.7. The van der Waals surface area contributed by atoms with Crippen molar-refractivity contribution in [3.8, 4) is 11.5 Å². The van der Waals surface area contributed by atoms with Crippen LogP contribution in [0.2, 0.25) is 0 Å². The van der Waals surface area contributed by atoms with Crippen molar-refractivity contribution in [2.24, 2.45) is 0 Å². The number of rotatable bonds is 4. The molecular weight excluding hydrogens is 280 g/mol. The topological polar surface area (TPSA) is 61.8 Å². The van der Waals surface area contributed by atoms with Crippen LogP contribution in [-0.4, -0.2) is 26.2 Å². The van der Waals surface area contributed by atoms with E-state index in [9.17, 15) is 9.59 Å². The van der Waals surface area contributed by atoms with Gasteiger partial charge in [-0.25, -0.2) is 9.59 Å². The van der Waals surface area contributed by atoms with Gasteiger partial charge >= 0.3 is 11.9 Å². The summed E-state index contributed by atoms with van der Waals surface area (Å²) in [5, 5.41) is 0. The average Bonchev–Trinajstić information content (AvgIpc) is 2.97. The van der Waals surface area contributed by atoms with Crippen LogP contribution in [0.15, 0.2) is 36.4 Å². The number of carbonyl (C=O) groups is 2. The lowest BCUT2D eigenvalue weighted by molar-refractivity contribution is 0.0606. The second kappa shape index (κ2) is 6.21. The molecule has 0 atom stereocenters. The molecule has 0 aliphatic rings. The molecule has 1 heterocycles. The molecule has 2 rings (SSSR count). The first-order chi connectivity index (χ1) is 9.65. The molecule has 0 radical (unpaired) electrons. The Kier molecular flexibility index (Phi) is 4.37. The molecule has 0 aliphatic heterocycles. The maximum Gasteiger partial charge on any atom is 0.353 e. The zero-order chi connectivity index (χ0) is 14.5. The van der Waals surface area contributed by atoms with Crippen molar-refractivity contribution in [3.63, 3.8) is 0 Å². The van der Waals surface area contributed by atoms with Crippen LogP contribution in [0.25, 0.3) is 0 Å². The molecule has 5 nitrogen and oxygen atoms in total. The average molecular weight is 292 g/mol. The summed E-state index contributed by atoms with van der Waals surface area (Å²) >= 11 is 1.02. The first-order valence-corrected chi connectivity index (χ1v) is 6.50. The van der Waals surface area contributed by atoms with E-state index >= 15 is 0 Å². The van der Waals surface area contributed by atoms with E-state index in [2.05, 4.69) is 4.74 Å². The van der Waals surface area contributed by atoms with E-state index in [1.807, 2.05) is 0 Å². The first kappa shape index (κ1) is 14.1. The fourth-order valence-corrected chi connectivity index (χ4v) is 2.31. The summed E-state index contributed by atoms with van der Waals surface area (Å²) in [5.74, 6) is -0.236. The van der Waals surface area contributed by atoms with Gasteiger partial charge in [0.25, 0.3) is 0 Å². The van der Waals surface area contributed by atoms with Crippen molar-refractivity contribution >= 4 is 23.3 Å². The van der Waals surface area contributed by atoms with Crippen LogP contribution in [0.3, 0.4) is 0 Å². The normalized spacial score (nSPS) is 9.90. The van der Waals surface area contributed by atoms with Gasteiger partial charge in [-0.3, -0.25) is 0 Å². The van der Waals surface area contributed by atoms with Crippen LogP contribution in [0, 0.1) is 0 Å². The number of carbonyl (C=O) groups excluding carboxylic acids is 2. The Morgan fingerprint density at radius 2 is 1.50 bits per heavy atom. The number of hydrogen-bond acceptors (Lipinski definition) is 6. The third kappa shape index (κ3) is 2.97. The van der Waals surface area contributed by atoms with Gasteiger partial charge in [-0.2, -0.15) is 0 Å². The quantitative estimate of drug-likeness (QED) is 0.640. The monoisotopic (exact) mass is 292 g/mol. The van der Waals surface area contributed by atoms with Crippen molar-refractivity contribution in [1.29, 1.82) is 0 Å². The van der Waals surface area contributed by atoms with Crippen LogP contribution < -0.4 is 9.47 Å². The smallest absolute Gasteiger partial charge is 0.353 e. The second-order valence-electron chi connectivity index (χ2n) is 3.70. The Morgan fingerprint density at radius 3 is 2.10 bits per heavy atom. The van der Waals surface area contributed by atoms with Crippen molar-refractivity contribution < 1.29 is 23.8 Å². The molecule has 104 valence electrons. The second-order valence-corrected chi connectivity index (χ2v) is 4.78. The van der Waals surface area contributed by atoms with Crippen LogP contribution in [0.1, 0.15) is 19.3 Å². The summed E-state index contributed by atoms with van der Waals surface area (Å²) in [6.07, 6.45) is 0. The molecule has 0 aliphatic carbocycles. The lowest BCUT2D eigenvalue weighted by Crippen LogP contribution is -2.07. The maximum absolute atomic E-state index is 12.0. The fraction of sp³-hybridized carbons (Fsp3) is 0.143. The Morgan fingerprint density at radius 1 is 0.900 bits per heavy atom. The number of hydrogen-bond donors (Lipinski definition) is 0. The van der Waals surface area contributed by atoms with E-state index in [0.717, 1.165) is 11.3 Å². The summed E-state index contributed by atoms with van der Waals surface area (Å²) in [4.78, 5) is 24.0. The van der Waals surface area contributed by atoms with E-state index in [1.165, 1.54) is 26.4 Å². The minimum Gasteiger partial charge on any atom is -0.493 e. The largest absolute Gasteiger partial charge is 0.493 e. The Hall–Kier alpha value is -2.34. The molecule has 20 heavy (non-hydrogen) atoms. The highest BCUT2D eigenvalue weighted by molar-refractivity contribution is 7.15. The van der Waals surface area contributed by atoms with Crippen molar-refractivity contribution in [1.82, 2.24) is 0 Å². The van der Waals surface area contributed by atoms with Gasteiger partial charge in [0.2, 0.25) is 0 Å². The molecule has 0 N–H and O–H groups in total. The Bertz CT molecular complexity index is 632. The third-order valence-electron chi connectivity index (χ3n) is 2.47. The highest BCUT2D eigenvalue weighted by Gasteiger charge is 2.17. The number of esters is 2. The van der Waals surface area contributed by atoms with Gasteiger partial charge in [-0.15, -0.1) is 11.3 Å². The van der Waals surface area contributed by atoms with Crippen LogP contribution in [-0.2, 0) is 4.74 Å². The summed E-state index contributed by atoms with van der Waals surface area (Å²) in [6, 6.07) is 9.88. The Balaban J connectivity index is 2.16. The molecule has 0 saturated heterocycles. The zero-order valence-electron chi connectivity index (χ0n) is 10.9. The molecule has 0 unspecified atom stereocenters. The minimum atomic E-state index is -0.547.